The molecule has 1 amide bonds. The van der Waals surface area contributed by atoms with E-state index in [1.807, 2.05) is 30.3 Å². The van der Waals surface area contributed by atoms with Gasteiger partial charge < -0.3 is 10.2 Å². The van der Waals surface area contributed by atoms with Crippen LogP contribution in [0.5, 0.6) is 0 Å². The molecule has 0 radical (unpaired) electrons. The van der Waals surface area contributed by atoms with E-state index in [1.54, 1.807) is 6.07 Å². The largest absolute Gasteiger partial charge is 0.345 e. The number of nitrogens with one attached hydrogen (secondary N) is 1. The van der Waals surface area contributed by atoms with Crippen LogP contribution in [-0.4, -0.2) is 39.3 Å². The lowest BCUT2D eigenvalue weighted by molar-refractivity contribution is 0.0944. The highest BCUT2D eigenvalue weighted by atomic mass is 16.6. The minimum Gasteiger partial charge on any atom is -0.345 e. The molecule has 1 N–H and O–H groups in total. The molecule has 31 heavy (non-hydrogen) atoms. The van der Waals surface area contributed by atoms with E-state index in [2.05, 4.69) is 39.4 Å². The molecule has 0 unspecified atom stereocenters. The second-order valence-electron chi connectivity index (χ2n) is 8.14. The second kappa shape index (κ2) is 9.68. The fourth-order valence-electron chi connectivity index (χ4n) is 3.67. The van der Waals surface area contributed by atoms with Crippen LogP contribution in [0, 0.1) is 0 Å². The first-order chi connectivity index (χ1) is 15.1. The molecule has 2 aromatic heterocycles. The van der Waals surface area contributed by atoms with E-state index < -0.39 is 0 Å². The standard InChI is InChI=1S/C23H28N6O2/c1-16(2)18-14-19(26-23(25-18)29-12-8-3-4-9-13-29)22(30)24-15-20-21(28-31-27-20)17-10-6-5-7-11-17/h5-7,10-11,14,16H,3-4,8-9,12-13,15H2,1-2H3,(H,24,30). The lowest BCUT2D eigenvalue weighted by Crippen LogP contribution is -2.29. The van der Waals surface area contributed by atoms with E-state index in [4.69, 9.17) is 9.61 Å². The van der Waals surface area contributed by atoms with Gasteiger partial charge in [-0.25, -0.2) is 14.6 Å². The molecule has 162 valence electrons. The van der Waals surface area contributed by atoms with E-state index in [1.165, 1.54) is 12.8 Å². The van der Waals surface area contributed by atoms with Crippen LogP contribution in [0.2, 0.25) is 0 Å². The molecule has 1 aliphatic heterocycles. The number of rotatable bonds is 6. The summed E-state index contributed by atoms with van der Waals surface area (Å²) in [5.74, 6) is 0.582. The number of carbonyl (C=O) groups is 1. The first kappa shape index (κ1) is 21.0. The van der Waals surface area contributed by atoms with Crippen molar-refractivity contribution < 1.29 is 9.42 Å². The minimum absolute atomic E-state index is 0.199. The maximum Gasteiger partial charge on any atom is 0.270 e. The molecule has 0 bridgehead atoms. The lowest BCUT2D eigenvalue weighted by atomic mass is 10.1. The molecular weight excluding hydrogens is 392 g/mol. The highest BCUT2D eigenvalue weighted by Crippen LogP contribution is 2.22. The van der Waals surface area contributed by atoms with Gasteiger partial charge in [0, 0.05) is 24.3 Å². The van der Waals surface area contributed by atoms with Crippen molar-refractivity contribution in [2.45, 2.75) is 52.0 Å². The van der Waals surface area contributed by atoms with E-state index in [0.717, 1.165) is 37.2 Å². The Morgan fingerprint density at radius 1 is 1.06 bits per heavy atom. The highest BCUT2D eigenvalue weighted by Gasteiger charge is 2.20. The third-order valence-electron chi connectivity index (χ3n) is 5.47. The Morgan fingerprint density at radius 3 is 2.52 bits per heavy atom. The first-order valence-electron chi connectivity index (χ1n) is 10.9. The fourth-order valence-corrected chi connectivity index (χ4v) is 3.67. The quantitative estimate of drug-likeness (QED) is 0.644. The second-order valence-corrected chi connectivity index (χ2v) is 8.14. The summed E-state index contributed by atoms with van der Waals surface area (Å²) in [6, 6.07) is 11.4. The van der Waals surface area contributed by atoms with E-state index in [0.29, 0.717) is 23.0 Å². The summed E-state index contributed by atoms with van der Waals surface area (Å²) in [6.45, 7) is 6.20. The summed E-state index contributed by atoms with van der Waals surface area (Å²) in [5.41, 5.74) is 3.32. The fraction of sp³-hybridized carbons (Fsp3) is 0.435. The summed E-state index contributed by atoms with van der Waals surface area (Å²) >= 11 is 0. The predicted molar refractivity (Wildman–Crippen MR) is 118 cm³/mol. The Kier molecular flexibility index (Phi) is 6.54. The van der Waals surface area contributed by atoms with Gasteiger partial charge in [-0.15, -0.1) is 0 Å². The van der Waals surface area contributed by atoms with Crippen LogP contribution < -0.4 is 10.2 Å². The van der Waals surface area contributed by atoms with Crippen LogP contribution in [0.4, 0.5) is 5.95 Å². The third kappa shape index (κ3) is 5.07. The number of aromatic nitrogens is 4. The van der Waals surface area contributed by atoms with Gasteiger partial charge in [-0.1, -0.05) is 62.2 Å². The molecule has 1 aliphatic rings. The normalized spacial score (nSPS) is 14.5. The van der Waals surface area contributed by atoms with Crippen LogP contribution in [-0.2, 0) is 6.54 Å². The maximum atomic E-state index is 13.0. The highest BCUT2D eigenvalue weighted by molar-refractivity contribution is 5.92. The van der Waals surface area contributed by atoms with Crippen molar-refractivity contribution in [3.63, 3.8) is 0 Å². The number of nitrogens with zero attached hydrogens (tertiary/aromatic N) is 5. The van der Waals surface area contributed by atoms with Crippen LogP contribution in [0.25, 0.3) is 11.3 Å². The Hall–Kier alpha value is -3.29. The summed E-state index contributed by atoms with van der Waals surface area (Å²) in [7, 11) is 0. The Bertz CT molecular complexity index is 1010. The van der Waals surface area contributed by atoms with Gasteiger partial charge in [0.15, 0.2) is 0 Å². The summed E-state index contributed by atoms with van der Waals surface area (Å²) in [6.07, 6.45) is 4.70. The van der Waals surface area contributed by atoms with Crippen molar-refractivity contribution in [3.05, 3.63) is 53.5 Å². The van der Waals surface area contributed by atoms with Crippen molar-refractivity contribution in [1.29, 1.82) is 0 Å². The zero-order chi connectivity index (χ0) is 21.6. The molecule has 0 spiro atoms. The minimum atomic E-state index is -0.262. The van der Waals surface area contributed by atoms with Gasteiger partial charge in [0.1, 0.15) is 17.1 Å². The summed E-state index contributed by atoms with van der Waals surface area (Å²) < 4.78 is 4.92. The van der Waals surface area contributed by atoms with Crippen molar-refractivity contribution in [2.75, 3.05) is 18.0 Å². The summed E-state index contributed by atoms with van der Waals surface area (Å²) in [5, 5.41) is 10.9. The number of carbonyl (C=O) groups excluding carboxylic acids is 1. The molecule has 8 nitrogen and oxygen atoms in total. The monoisotopic (exact) mass is 420 g/mol. The van der Waals surface area contributed by atoms with Gasteiger partial charge in [-0.2, -0.15) is 0 Å². The van der Waals surface area contributed by atoms with E-state index >= 15 is 0 Å². The van der Waals surface area contributed by atoms with Crippen LogP contribution >= 0.6 is 0 Å². The first-order valence-corrected chi connectivity index (χ1v) is 10.9. The number of hydrogen-bond acceptors (Lipinski definition) is 7. The van der Waals surface area contributed by atoms with Gasteiger partial charge in [0.2, 0.25) is 5.95 Å². The van der Waals surface area contributed by atoms with E-state index in [9.17, 15) is 4.79 Å². The van der Waals surface area contributed by atoms with Gasteiger partial charge in [0.25, 0.3) is 5.91 Å². The molecule has 1 aromatic carbocycles. The maximum absolute atomic E-state index is 13.0. The molecule has 0 saturated carbocycles. The smallest absolute Gasteiger partial charge is 0.270 e. The Balaban J connectivity index is 1.53. The molecule has 0 aliphatic carbocycles. The number of amides is 1. The average molecular weight is 421 g/mol. The zero-order valence-electron chi connectivity index (χ0n) is 18.0. The zero-order valence-corrected chi connectivity index (χ0v) is 18.0. The molecule has 1 fully saturated rings. The molecule has 3 aromatic rings. The van der Waals surface area contributed by atoms with Gasteiger partial charge in [0.05, 0.1) is 6.54 Å². The molecular formula is C23H28N6O2. The van der Waals surface area contributed by atoms with Crippen molar-refractivity contribution in [1.82, 2.24) is 25.6 Å². The SMILES string of the molecule is CC(C)c1cc(C(=O)NCc2nonc2-c2ccccc2)nc(N2CCCCCC2)n1. The van der Waals surface area contributed by atoms with Crippen molar-refractivity contribution in [2.24, 2.45) is 0 Å². The average Bonchev–Trinajstić information content (AvgIpc) is 3.10. The molecule has 4 rings (SSSR count). The van der Waals surface area contributed by atoms with Crippen molar-refractivity contribution >= 4 is 11.9 Å². The van der Waals surface area contributed by atoms with Crippen LogP contribution in [0.1, 0.15) is 67.3 Å². The number of benzene rings is 1. The Labute approximate surface area is 182 Å². The molecule has 8 heteroatoms. The number of hydrogen-bond donors (Lipinski definition) is 1. The topological polar surface area (TPSA) is 97.0 Å². The Morgan fingerprint density at radius 2 is 1.81 bits per heavy atom. The van der Waals surface area contributed by atoms with Crippen molar-refractivity contribution in [3.8, 4) is 11.3 Å². The van der Waals surface area contributed by atoms with Gasteiger partial charge >= 0.3 is 0 Å². The molecule has 3 heterocycles. The summed E-state index contributed by atoms with van der Waals surface area (Å²) in [4.78, 5) is 24.5. The van der Waals surface area contributed by atoms with E-state index in [-0.39, 0.29) is 18.4 Å². The van der Waals surface area contributed by atoms with Crippen LogP contribution in [0.3, 0.4) is 0 Å². The lowest BCUT2D eigenvalue weighted by Gasteiger charge is -2.22. The van der Waals surface area contributed by atoms with Gasteiger partial charge in [-0.3, -0.25) is 4.79 Å². The van der Waals surface area contributed by atoms with Crippen LogP contribution in [0.15, 0.2) is 41.0 Å². The molecule has 1 saturated heterocycles. The van der Waals surface area contributed by atoms with Gasteiger partial charge in [-0.05, 0) is 30.0 Å². The third-order valence-corrected chi connectivity index (χ3v) is 5.47. The molecule has 0 atom stereocenters. The predicted octanol–water partition coefficient (Wildman–Crippen LogP) is 3.96. The number of anilines is 1.